The van der Waals surface area contributed by atoms with Gasteiger partial charge in [-0.15, -0.1) is 0 Å². The van der Waals surface area contributed by atoms with Gasteiger partial charge in [-0.2, -0.15) is 0 Å². The highest BCUT2D eigenvalue weighted by atomic mass is 16.6. The van der Waals surface area contributed by atoms with Crippen LogP contribution in [0.25, 0.3) is 0 Å². The summed E-state index contributed by atoms with van der Waals surface area (Å²) in [6.07, 6.45) is -1.44. The number of hydrogen-bond acceptors (Lipinski definition) is 5. The fourth-order valence-electron chi connectivity index (χ4n) is 7.14. The van der Waals surface area contributed by atoms with Crippen LogP contribution >= 0.6 is 0 Å². The van der Waals surface area contributed by atoms with Crippen LogP contribution in [-0.4, -0.2) is 36.8 Å². The lowest BCUT2D eigenvalue weighted by Crippen LogP contribution is -2.50. The lowest BCUT2D eigenvalue weighted by atomic mass is 9.90. The largest absolute Gasteiger partial charge is 0.374 e. The van der Waals surface area contributed by atoms with Crippen molar-refractivity contribution in [2.24, 2.45) is 5.92 Å². The van der Waals surface area contributed by atoms with Gasteiger partial charge in [0.25, 0.3) is 0 Å². The summed E-state index contributed by atoms with van der Waals surface area (Å²) in [7, 11) is 0. The van der Waals surface area contributed by atoms with Crippen LogP contribution in [0, 0.1) is 5.92 Å². The molecule has 0 amide bonds. The summed E-state index contributed by atoms with van der Waals surface area (Å²) >= 11 is 0. The molecule has 0 aromatic heterocycles. The highest BCUT2D eigenvalue weighted by molar-refractivity contribution is 6.04. The smallest absolute Gasteiger partial charge is 0.153 e. The van der Waals surface area contributed by atoms with Gasteiger partial charge in [-0.1, -0.05) is 122 Å². The molecule has 2 aliphatic carbocycles. The van der Waals surface area contributed by atoms with Crippen LogP contribution in [0.1, 0.15) is 40.7 Å². The Morgan fingerprint density at radius 3 is 1.81 bits per heavy atom. The van der Waals surface area contributed by atoms with Gasteiger partial charge in [-0.3, -0.25) is 4.79 Å². The van der Waals surface area contributed by atoms with Crippen molar-refractivity contribution in [3.05, 3.63) is 143 Å². The van der Waals surface area contributed by atoms with Gasteiger partial charge in [0.1, 0.15) is 12.2 Å². The monoisotopic (exact) mass is 560 g/mol. The van der Waals surface area contributed by atoms with Crippen LogP contribution in [0.3, 0.4) is 0 Å². The number of carbonyl (C=O) groups is 1. The molecule has 1 aliphatic heterocycles. The first-order chi connectivity index (χ1) is 20.7. The van der Waals surface area contributed by atoms with Gasteiger partial charge in [0.05, 0.1) is 44.1 Å². The topological polar surface area (TPSA) is 54.0 Å². The van der Waals surface area contributed by atoms with Gasteiger partial charge in [0.15, 0.2) is 5.78 Å². The van der Waals surface area contributed by atoms with E-state index >= 15 is 0 Å². The van der Waals surface area contributed by atoms with Crippen molar-refractivity contribution in [3.63, 3.8) is 0 Å². The molecule has 0 radical (unpaired) electrons. The van der Waals surface area contributed by atoms with Crippen molar-refractivity contribution in [1.82, 2.24) is 0 Å². The molecule has 214 valence electrons. The van der Waals surface area contributed by atoms with Crippen molar-refractivity contribution >= 4 is 5.78 Å². The molecule has 3 aliphatic rings. The molecule has 1 heterocycles. The van der Waals surface area contributed by atoms with Gasteiger partial charge < -0.3 is 18.9 Å². The highest BCUT2D eigenvalue weighted by Crippen LogP contribution is 2.67. The fraction of sp³-hybridized carbons (Fsp3) is 0.324. The number of hydrogen-bond donors (Lipinski definition) is 0. The molecule has 7 rings (SSSR count). The third-order valence-corrected chi connectivity index (χ3v) is 9.20. The molecule has 5 heteroatoms. The van der Waals surface area contributed by atoms with E-state index in [1.165, 1.54) is 0 Å². The zero-order valence-electron chi connectivity index (χ0n) is 23.8. The van der Waals surface area contributed by atoms with E-state index in [1.807, 2.05) is 73.7 Å². The molecule has 4 aromatic rings. The number of ether oxygens (including phenoxy) is 4. The average molecular weight is 561 g/mol. The molecule has 0 bridgehead atoms. The van der Waals surface area contributed by atoms with Crippen LogP contribution in [0.2, 0.25) is 0 Å². The second-order valence-corrected chi connectivity index (χ2v) is 11.7. The number of rotatable bonds is 10. The Morgan fingerprint density at radius 1 is 0.667 bits per heavy atom. The molecule has 1 spiro atoms. The molecule has 42 heavy (non-hydrogen) atoms. The van der Waals surface area contributed by atoms with Crippen LogP contribution in [0.5, 0.6) is 0 Å². The molecule has 4 aromatic carbocycles. The first kappa shape index (κ1) is 27.2. The molecule has 1 saturated heterocycles. The minimum absolute atomic E-state index is 0.133. The van der Waals surface area contributed by atoms with Crippen molar-refractivity contribution in [2.45, 2.75) is 62.5 Å². The van der Waals surface area contributed by atoms with Crippen molar-refractivity contribution in [3.8, 4) is 0 Å². The fourth-order valence-corrected chi connectivity index (χ4v) is 7.14. The van der Waals surface area contributed by atoms with E-state index in [0.29, 0.717) is 26.4 Å². The van der Waals surface area contributed by atoms with E-state index in [1.54, 1.807) is 0 Å². The average Bonchev–Trinajstić information content (AvgIpc) is 3.66. The van der Waals surface area contributed by atoms with E-state index in [2.05, 4.69) is 48.5 Å². The second-order valence-electron chi connectivity index (χ2n) is 11.7. The summed E-state index contributed by atoms with van der Waals surface area (Å²) < 4.78 is 26.6. The van der Waals surface area contributed by atoms with E-state index in [0.717, 1.165) is 27.8 Å². The van der Waals surface area contributed by atoms with Gasteiger partial charge in [0.2, 0.25) is 0 Å². The van der Waals surface area contributed by atoms with E-state index in [9.17, 15) is 4.79 Å². The number of ketones is 1. The van der Waals surface area contributed by atoms with Crippen LogP contribution in [0.15, 0.2) is 115 Å². The Balaban J connectivity index is 1.22. The quantitative estimate of drug-likeness (QED) is 0.225. The number of Topliss-reactive ketones (excluding diaryl/α,β-unsaturated/α-hetero) is 1. The maximum absolute atomic E-state index is 14.1. The van der Waals surface area contributed by atoms with Crippen molar-refractivity contribution < 1.29 is 23.7 Å². The Kier molecular flexibility index (Phi) is 7.51. The lowest BCUT2D eigenvalue weighted by Gasteiger charge is -2.37. The third-order valence-electron chi connectivity index (χ3n) is 9.20. The van der Waals surface area contributed by atoms with Gasteiger partial charge in [0, 0.05) is 11.8 Å². The SMILES string of the molecule is CC1C(=O)C2(c3ccccc31)C1O[C@H](COCc3ccccc3)[C@H](OCc3ccccc3)[C@H](OCc3ccccc3)C12. The predicted molar refractivity (Wildman–Crippen MR) is 160 cm³/mol. The van der Waals surface area contributed by atoms with Gasteiger partial charge in [-0.05, 0) is 27.8 Å². The summed E-state index contributed by atoms with van der Waals surface area (Å²) in [6.45, 7) is 3.67. The molecule has 0 N–H and O–H groups in total. The minimum Gasteiger partial charge on any atom is -0.374 e. The molecule has 1 saturated carbocycles. The van der Waals surface area contributed by atoms with E-state index in [-0.39, 0.29) is 29.8 Å². The summed E-state index contributed by atoms with van der Waals surface area (Å²) in [4.78, 5) is 14.1. The summed E-state index contributed by atoms with van der Waals surface area (Å²) in [6, 6.07) is 38.7. The van der Waals surface area contributed by atoms with Crippen molar-refractivity contribution in [2.75, 3.05) is 6.61 Å². The standard InChI is InChI=1S/C37H36O5/c1-25-29-19-11-12-20-30(29)37(35(25)38)32-34(41-23-28-17-9-4-10-18-28)33(40-22-27-15-7-3-8-16-27)31(42-36(32)37)24-39-21-26-13-5-2-6-14-26/h2-20,25,31-34,36H,21-24H2,1H3/t25?,31-,32?,33+,34-,36?,37?/m1/s1. The predicted octanol–water partition coefficient (Wildman–Crippen LogP) is 6.40. The lowest BCUT2D eigenvalue weighted by molar-refractivity contribution is -0.201. The normalized spacial score (nSPS) is 29.3. The second kappa shape index (κ2) is 11.6. The van der Waals surface area contributed by atoms with Crippen LogP contribution in [-0.2, 0) is 49.0 Å². The van der Waals surface area contributed by atoms with Gasteiger partial charge in [-0.25, -0.2) is 0 Å². The summed E-state index contributed by atoms with van der Waals surface area (Å²) in [5, 5.41) is 0. The number of benzene rings is 4. The maximum Gasteiger partial charge on any atom is 0.153 e. The Hall–Kier alpha value is -3.61. The molecular weight excluding hydrogens is 524 g/mol. The van der Waals surface area contributed by atoms with Gasteiger partial charge >= 0.3 is 0 Å². The molecule has 2 fully saturated rings. The molecular formula is C37H36O5. The minimum atomic E-state index is -0.722. The highest BCUT2D eigenvalue weighted by Gasteiger charge is 2.80. The van der Waals surface area contributed by atoms with Crippen LogP contribution in [0.4, 0.5) is 0 Å². The number of carbonyl (C=O) groups excluding carboxylic acids is 1. The molecule has 7 atom stereocenters. The van der Waals surface area contributed by atoms with Crippen LogP contribution < -0.4 is 0 Å². The first-order valence-corrected chi connectivity index (χ1v) is 14.9. The first-order valence-electron chi connectivity index (χ1n) is 14.9. The van der Waals surface area contributed by atoms with Crippen molar-refractivity contribution in [1.29, 1.82) is 0 Å². The Morgan fingerprint density at radius 2 is 1.19 bits per heavy atom. The summed E-state index contributed by atoms with van der Waals surface area (Å²) in [5.74, 6) is -0.0905. The zero-order valence-corrected chi connectivity index (χ0v) is 23.8. The van der Waals surface area contributed by atoms with E-state index < -0.39 is 17.6 Å². The molecule has 4 unspecified atom stereocenters. The zero-order chi connectivity index (χ0) is 28.5. The Bertz CT molecular complexity index is 1510. The Labute approximate surface area is 247 Å². The third kappa shape index (κ3) is 4.81. The van der Waals surface area contributed by atoms with E-state index in [4.69, 9.17) is 18.9 Å². The number of fused-ring (bicyclic) bond motifs is 5. The molecule has 5 nitrogen and oxygen atoms in total. The maximum atomic E-state index is 14.1. The summed E-state index contributed by atoms with van der Waals surface area (Å²) in [5.41, 5.74) is 4.72.